The van der Waals surface area contributed by atoms with E-state index in [1.54, 1.807) is 19.1 Å². The summed E-state index contributed by atoms with van der Waals surface area (Å²) in [7, 11) is 0. The number of carbonyl (C=O) groups is 1. The molecule has 1 amide bonds. The van der Waals surface area contributed by atoms with Gasteiger partial charge in [-0.3, -0.25) is 14.9 Å². The number of amides is 1. The van der Waals surface area contributed by atoms with E-state index in [1.165, 1.54) is 6.07 Å². The first kappa shape index (κ1) is 16.4. The largest absolute Gasteiger partial charge is 0.350 e. The summed E-state index contributed by atoms with van der Waals surface area (Å²) in [6, 6.07) is 4.69. The molecule has 0 heterocycles. The molecule has 6 heteroatoms. The van der Waals surface area contributed by atoms with Crippen LogP contribution in [0.15, 0.2) is 18.2 Å². The Kier molecular flexibility index (Phi) is 5.95. The molecule has 1 atom stereocenters. The topological polar surface area (TPSA) is 72.2 Å². The minimum Gasteiger partial charge on any atom is -0.350 e. The Hall–Kier alpha value is -1.62. The highest BCUT2D eigenvalue weighted by Crippen LogP contribution is 2.23. The number of alkyl halides is 1. The van der Waals surface area contributed by atoms with Gasteiger partial charge in [0.25, 0.3) is 11.6 Å². The molecule has 1 aromatic rings. The average Bonchev–Trinajstić information content (AvgIpc) is 2.34. The highest BCUT2D eigenvalue weighted by atomic mass is 35.5. The summed E-state index contributed by atoms with van der Waals surface area (Å²) in [5, 5.41) is 13.5. The first-order chi connectivity index (χ1) is 9.32. The van der Waals surface area contributed by atoms with Gasteiger partial charge in [0.05, 0.1) is 10.3 Å². The standard InChI is InChI=1S/C14H19ClN2O3/c1-9(2)7-11(15)8-16-14(18)12-6-4-5-10(3)13(12)17(19)20/h4-6,9,11H,7-8H2,1-3H3,(H,16,18). The lowest BCUT2D eigenvalue weighted by Crippen LogP contribution is -2.30. The van der Waals surface area contributed by atoms with Gasteiger partial charge in [-0.05, 0) is 25.3 Å². The van der Waals surface area contributed by atoms with E-state index >= 15 is 0 Å². The van der Waals surface area contributed by atoms with Gasteiger partial charge in [-0.1, -0.05) is 26.0 Å². The summed E-state index contributed by atoms with van der Waals surface area (Å²) in [6.45, 7) is 5.99. The number of aryl methyl sites for hydroxylation is 1. The molecule has 0 spiro atoms. The normalized spacial score (nSPS) is 12.2. The van der Waals surface area contributed by atoms with E-state index in [9.17, 15) is 14.9 Å². The van der Waals surface area contributed by atoms with Gasteiger partial charge >= 0.3 is 0 Å². The smallest absolute Gasteiger partial charge is 0.285 e. The average molecular weight is 299 g/mol. The van der Waals surface area contributed by atoms with Crippen LogP contribution in [0.3, 0.4) is 0 Å². The van der Waals surface area contributed by atoms with Crippen LogP contribution in [0.5, 0.6) is 0 Å². The van der Waals surface area contributed by atoms with Crippen LogP contribution in [0, 0.1) is 23.0 Å². The maximum Gasteiger partial charge on any atom is 0.285 e. The molecule has 110 valence electrons. The number of nitrogens with zero attached hydrogens (tertiary/aromatic N) is 1. The number of benzene rings is 1. The molecule has 1 unspecified atom stereocenters. The summed E-state index contributed by atoms with van der Waals surface area (Å²) in [5.41, 5.74) is 0.385. The highest BCUT2D eigenvalue weighted by Gasteiger charge is 2.22. The Morgan fingerprint density at radius 1 is 1.45 bits per heavy atom. The number of nitro groups is 1. The van der Waals surface area contributed by atoms with E-state index in [-0.39, 0.29) is 16.6 Å². The van der Waals surface area contributed by atoms with Crippen LogP contribution in [-0.4, -0.2) is 22.8 Å². The van der Waals surface area contributed by atoms with Gasteiger partial charge in [-0.15, -0.1) is 11.6 Å². The molecule has 0 radical (unpaired) electrons. The summed E-state index contributed by atoms with van der Waals surface area (Å²) in [6.07, 6.45) is 0.776. The fraction of sp³-hybridized carbons (Fsp3) is 0.500. The number of para-hydroxylation sites is 1. The number of nitrogens with one attached hydrogen (secondary N) is 1. The Morgan fingerprint density at radius 2 is 2.10 bits per heavy atom. The summed E-state index contributed by atoms with van der Waals surface area (Å²) in [5.74, 6) is -0.0301. The van der Waals surface area contributed by atoms with Crippen LogP contribution < -0.4 is 5.32 Å². The predicted octanol–water partition coefficient (Wildman–Crippen LogP) is 3.29. The number of hydrogen-bond donors (Lipinski definition) is 1. The first-order valence-corrected chi connectivity index (χ1v) is 6.92. The van der Waals surface area contributed by atoms with E-state index in [4.69, 9.17) is 11.6 Å². The lowest BCUT2D eigenvalue weighted by atomic mass is 10.1. The van der Waals surface area contributed by atoms with Gasteiger partial charge in [0, 0.05) is 12.1 Å². The SMILES string of the molecule is Cc1cccc(C(=O)NCC(Cl)CC(C)C)c1[N+](=O)[O-]. The molecule has 0 aromatic heterocycles. The lowest BCUT2D eigenvalue weighted by Gasteiger charge is -2.13. The molecular weight excluding hydrogens is 280 g/mol. The van der Waals surface area contributed by atoms with Gasteiger partial charge in [0.2, 0.25) is 0 Å². The van der Waals surface area contributed by atoms with Crippen LogP contribution in [0.4, 0.5) is 5.69 Å². The molecule has 0 bridgehead atoms. The van der Waals surface area contributed by atoms with Crippen LogP contribution in [0.25, 0.3) is 0 Å². The number of halogens is 1. The molecule has 1 N–H and O–H groups in total. The van der Waals surface area contributed by atoms with Crippen molar-refractivity contribution in [1.82, 2.24) is 5.32 Å². The Labute approximate surface area is 123 Å². The van der Waals surface area contributed by atoms with Crippen molar-refractivity contribution in [2.75, 3.05) is 6.54 Å². The fourth-order valence-corrected chi connectivity index (χ4v) is 2.41. The van der Waals surface area contributed by atoms with Crippen molar-refractivity contribution in [3.63, 3.8) is 0 Å². The zero-order chi connectivity index (χ0) is 15.3. The maximum atomic E-state index is 12.0. The van der Waals surface area contributed by atoms with Gasteiger partial charge in [-0.25, -0.2) is 0 Å². The van der Waals surface area contributed by atoms with Gasteiger partial charge in [-0.2, -0.15) is 0 Å². The number of nitro benzene ring substituents is 1. The first-order valence-electron chi connectivity index (χ1n) is 6.49. The van der Waals surface area contributed by atoms with Crippen LogP contribution in [-0.2, 0) is 0 Å². The van der Waals surface area contributed by atoms with E-state index in [0.29, 0.717) is 18.0 Å². The quantitative estimate of drug-likeness (QED) is 0.497. The van der Waals surface area contributed by atoms with Gasteiger partial charge in [0.15, 0.2) is 0 Å². The predicted molar refractivity (Wildman–Crippen MR) is 79.3 cm³/mol. The second-order valence-electron chi connectivity index (χ2n) is 5.17. The molecule has 0 saturated heterocycles. The summed E-state index contributed by atoms with van der Waals surface area (Å²) < 4.78 is 0. The Balaban J connectivity index is 2.78. The van der Waals surface area contributed by atoms with E-state index in [2.05, 4.69) is 5.32 Å². The van der Waals surface area contributed by atoms with E-state index in [1.807, 2.05) is 13.8 Å². The summed E-state index contributed by atoms with van der Waals surface area (Å²) >= 11 is 6.09. The number of rotatable bonds is 6. The molecule has 1 rings (SSSR count). The third-order valence-corrected chi connectivity index (χ3v) is 3.21. The third kappa shape index (κ3) is 4.49. The van der Waals surface area contributed by atoms with Crippen molar-refractivity contribution in [1.29, 1.82) is 0 Å². The molecule has 0 saturated carbocycles. The zero-order valence-corrected chi connectivity index (χ0v) is 12.6. The molecule has 1 aromatic carbocycles. The molecular formula is C14H19ClN2O3. The number of hydrogen-bond acceptors (Lipinski definition) is 3. The second-order valence-corrected chi connectivity index (χ2v) is 5.78. The Morgan fingerprint density at radius 3 is 2.65 bits per heavy atom. The minimum absolute atomic E-state index is 0.0726. The molecule has 0 aliphatic carbocycles. The maximum absolute atomic E-state index is 12.0. The molecule has 20 heavy (non-hydrogen) atoms. The van der Waals surface area contributed by atoms with Crippen molar-refractivity contribution < 1.29 is 9.72 Å². The second kappa shape index (κ2) is 7.24. The molecule has 0 fully saturated rings. The summed E-state index contributed by atoms with van der Waals surface area (Å²) in [4.78, 5) is 22.5. The van der Waals surface area contributed by atoms with Crippen molar-refractivity contribution in [3.8, 4) is 0 Å². The van der Waals surface area contributed by atoms with Crippen LogP contribution in [0.1, 0.15) is 36.2 Å². The Bertz CT molecular complexity index is 503. The van der Waals surface area contributed by atoms with Crippen LogP contribution in [0.2, 0.25) is 0 Å². The zero-order valence-electron chi connectivity index (χ0n) is 11.9. The van der Waals surface area contributed by atoms with Gasteiger partial charge in [0.1, 0.15) is 5.56 Å². The molecule has 0 aliphatic rings. The fourth-order valence-electron chi connectivity index (χ4n) is 1.98. The van der Waals surface area contributed by atoms with Crippen molar-refractivity contribution in [3.05, 3.63) is 39.4 Å². The number of carbonyl (C=O) groups excluding carboxylic acids is 1. The van der Waals surface area contributed by atoms with Crippen molar-refractivity contribution >= 4 is 23.2 Å². The lowest BCUT2D eigenvalue weighted by molar-refractivity contribution is -0.385. The monoisotopic (exact) mass is 298 g/mol. The van der Waals surface area contributed by atoms with Crippen LogP contribution >= 0.6 is 11.6 Å². The third-order valence-electron chi connectivity index (χ3n) is 2.88. The van der Waals surface area contributed by atoms with E-state index < -0.39 is 10.8 Å². The highest BCUT2D eigenvalue weighted by molar-refractivity contribution is 6.21. The van der Waals surface area contributed by atoms with E-state index in [0.717, 1.165) is 6.42 Å². The molecule has 0 aliphatic heterocycles. The van der Waals surface area contributed by atoms with Crippen molar-refractivity contribution in [2.24, 2.45) is 5.92 Å². The van der Waals surface area contributed by atoms with Crippen molar-refractivity contribution in [2.45, 2.75) is 32.6 Å². The molecule has 5 nitrogen and oxygen atoms in total. The van der Waals surface area contributed by atoms with Gasteiger partial charge < -0.3 is 5.32 Å². The minimum atomic E-state index is -0.531.